The van der Waals surface area contributed by atoms with E-state index in [1.807, 2.05) is 0 Å². The number of carbonyl (C=O) groups is 1. The average Bonchev–Trinajstić information content (AvgIpc) is 3.22. The van der Waals surface area contributed by atoms with Crippen molar-refractivity contribution in [2.24, 2.45) is 0 Å². The van der Waals surface area contributed by atoms with Gasteiger partial charge in [-0.1, -0.05) is 30.3 Å². The van der Waals surface area contributed by atoms with Gasteiger partial charge >= 0.3 is 17.8 Å². The molecule has 7 nitrogen and oxygen atoms in total. The molecule has 0 aliphatic carbocycles. The van der Waals surface area contributed by atoms with E-state index < -0.39 is 34.8 Å². The Bertz CT molecular complexity index is 1540. The Morgan fingerprint density at radius 3 is 2.17 bits per heavy atom. The summed E-state index contributed by atoms with van der Waals surface area (Å²) in [6.45, 7) is 3.00. The highest BCUT2D eigenvalue weighted by Gasteiger charge is 2.30. The number of rotatable bonds is 10. The molecular formula is C29H27F4N3O4. The summed E-state index contributed by atoms with van der Waals surface area (Å²) in [5.41, 5.74) is -1.35. The van der Waals surface area contributed by atoms with E-state index in [0.29, 0.717) is 30.0 Å². The van der Waals surface area contributed by atoms with Gasteiger partial charge in [0.1, 0.15) is 17.4 Å². The number of aliphatic carboxylic acids is 1. The third kappa shape index (κ3) is 6.59. The monoisotopic (exact) mass is 557 g/mol. The van der Waals surface area contributed by atoms with Crippen molar-refractivity contribution in [2.75, 3.05) is 0 Å². The molecule has 3 aromatic carbocycles. The molecule has 0 radical (unpaired) electrons. The molecule has 0 fully saturated rings. The Hall–Kier alpha value is -4.41. The summed E-state index contributed by atoms with van der Waals surface area (Å²) in [6.07, 6.45) is -3.55. The third-order valence-corrected chi connectivity index (χ3v) is 6.39. The van der Waals surface area contributed by atoms with Crippen molar-refractivity contribution in [1.82, 2.24) is 14.3 Å². The highest BCUT2D eigenvalue weighted by Crippen LogP contribution is 2.29. The summed E-state index contributed by atoms with van der Waals surface area (Å²) >= 11 is 0. The molecule has 0 bridgehead atoms. The average molecular weight is 558 g/mol. The second-order valence-corrected chi connectivity index (χ2v) is 9.71. The Morgan fingerprint density at radius 1 is 0.925 bits per heavy atom. The summed E-state index contributed by atoms with van der Waals surface area (Å²) in [5, 5.41) is 13.7. The second-order valence-electron chi connectivity index (χ2n) is 9.71. The SMILES string of the molecule is CC(C)(Oc1ccc(CCc2nn(-c3ccc(C(F)(F)F)cc3)c(=O)n2CCc2ccccc2F)cc1)C(=O)O. The topological polar surface area (TPSA) is 86.4 Å². The van der Waals surface area contributed by atoms with Crippen LogP contribution in [0.15, 0.2) is 77.6 Å². The summed E-state index contributed by atoms with van der Waals surface area (Å²) in [6, 6.07) is 17.2. The van der Waals surface area contributed by atoms with Gasteiger partial charge in [0, 0.05) is 13.0 Å². The summed E-state index contributed by atoms with van der Waals surface area (Å²) < 4.78 is 61.2. The maximum absolute atomic E-state index is 14.2. The van der Waals surface area contributed by atoms with Crippen LogP contribution in [0.4, 0.5) is 17.6 Å². The van der Waals surface area contributed by atoms with E-state index in [4.69, 9.17) is 4.74 Å². The number of hydrogen-bond acceptors (Lipinski definition) is 4. The minimum absolute atomic E-state index is 0.118. The lowest BCUT2D eigenvalue weighted by Crippen LogP contribution is -2.37. The lowest BCUT2D eigenvalue weighted by Gasteiger charge is -2.21. The quantitative estimate of drug-likeness (QED) is 0.262. The zero-order valence-corrected chi connectivity index (χ0v) is 21.8. The van der Waals surface area contributed by atoms with Crippen molar-refractivity contribution in [2.45, 2.75) is 51.4 Å². The number of ether oxygens (including phenoxy) is 1. The number of carboxylic acids is 1. The van der Waals surface area contributed by atoms with Crippen LogP contribution in [0.25, 0.3) is 5.69 Å². The van der Waals surface area contributed by atoms with E-state index in [-0.39, 0.29) is 18.7 Å². The number of aromatic nitrogens is 3. The Balaban J connectivity index is 1.58. The highest BCUT2D eigenvalue weighted by molar-refractivity contribution is 5.76. The molecule has 0 aliphatic rings. The van der Waals surface area contributed by atoms with Gasteiger partial charge < -0.3 is 9.84 Å². The number of benzene rings is 3. The van der Waals surface area contributed by atoms with E-state index in [1.54, 1.807) is 42.5 Å². The van der Waals surface area contributed by atoms with Gasteiger partial charge in [-0.15, -0.1) is 5.10 Å². The molecule has 4 rings (SSSR count). The minimum Gasteiger partial charge on any atom is -0.478 e. The van der Waals surface area contributed by atoms with Crippen LogP contribution < -0.4 is 10.4 Å². The molecule has 11 heteroatoms. The van der Waals surface area contributed by atoms with E-state index in [1.165, 1.54) is 36.6 Å². The molecule has 0 saturated heterocycles. The van der Waals surface area contributed by atoms with Gasteiger partial charge in [0.05, 0.1) is 11.3 Å². The molecule has 0 amide bonds. The van der Waals surface area contributed by atoms with Crippen molar-refractivity contribution in [1.29, 1.82) is 0 Å². The fourth-order valence-electron chi connectivity index (χ4n) is 4.06. The van der Waals surface area contributed by atoms with E-state index in [2.05, 4.69) is 5.10 Å². The molecule has 1 aromatic heterocycles. The van der Waals surface area contributed by atoms with Gasteiger partial charge in [-0.2, -0.15) is 17.9 Å². The number of alkyl halides is 3. The van der Waals surface area contributed by atoms with E-state index in [9.17, 15) is 32.3 Å². The van der Waals surface area contributed by atoms with Crippen LogP contribution in [-0.4, -0.2) is 31.0 Å². The van der Waals surface area contributed by atoms with E-state index >= 15 is 0 Å². The Labute approximate surface area is 227 Å². The lowest BCUT2D eigenvalue weighted by atomic mass is 10.1. The zero-order valence-electron chi connectivity index (χ0n) is 21.8. The van der Waals surface area contributed by atoms with Crippen LogP contribution in [-0.2, 0) is 36.8 Å². The molecule has 210 valence electrons. The van der Waals surface area contributed by atoms with E-state index in [0.717, 1.165) is 22.4 Å². The fraction of sp³-hybridized carbons (Fsp3) is 0.276. The fourth-order valence-corrected chi connectivity index (χ4v) is 4.06. The largest absolute Gasteiger partial charge is 0.478 e. The van der Waals surface area contributed by atoms with Crippen LogP contribution >= 0.6 is 0 Å². The molecule has 40 heavy (non-hydrogen) atoms. The first-order valence-electron chi connectivity index (χ1n) is 12.5. The number of hydrogen-bond donors (Lipinski definition) is 1. The van der Waals surface area contributed by atoms with Crippen molar-refractivity contribution >= 4 is 5.97 Å². The van der Waals surface area contributed by atoms with Crippen molar-refractivity contribution in [3.05, 3.63) is 112 Å². The number of halogens is 4. The van der Waals surface area contributed by atoms with Crippen LogP contribution in [0.3, 0.4) is 0 Å². The number of nitrogens with zero attached hydrogens (tertiary/aromatic N) is 3. The zero-order chi connectivity index (χ0) is 29.1. The third-order valence-electron chi connectivity index (χ3n) is 6.39. The van der Waals surface area contributed by atoms with Gasteiger partial charge in [0.25, 0.3) is 0 Å². The van der Waals surface area contributed by atoms with Crippen molar-refractivity contribution in [3.8, 4) is 11.4 Å². The first-order chi connectivity index (χ1) is 18.8. The molecule has 0 unspecified atom stereocenters. The van der Waals surface area contributed by atoms with Gasteiger partial charge in [-0.25, -0.2) is 14.0 Å². The minimum atomic E-state index is -4.52. The van der Waals surface area contributed by atoms with Gasteiger partial charge in [-0.3, -0.25) is 4.57 Å². The maximum Gasteiger partial charge on any atom is 0.416 e. The van der Waals surface area contributed by atoms with Gasteiger partial charge in [-0.05, 0) is 80.3 Å². The number of aryl methyl sites for hydroxylation is 3. The van der Waals surface area contributed by atoms with Crippen molar-refractivity contribution in [3.63, 3.8) is 0 Å². The summed E-state index contributed by atoms with van der Waals surface area (Å²) in [5.74, 6) is -0.743. The normalized spacial score (nSPS) is 11.9. The van der Waals surface area contributed by atoms with Crippen LogP contribution in [0.2, 0.25) is 0 Å². The lowest BCUT2D eigenvalue weighted by molar-refractivity contribution is -0.152. The predicted molar refractivity (Wildman–Crippen MR) is 139 cm³/mol. The first-order valence-corrected chi connectivity index (χ1v) is 12.5. The maximum atomic E-state index is 14.2. The molecule has 0 aliphatic heterocycles. The predicted octanol–water partition coefficient (Wildman–Crippen LogP) is 5.46. The molecule has 0 spiro atoms. The summed E-state index contributed by atoms with van der Waals surface area (Å²) in [4.78, 5) is 24.6. The van der Waals surface area contributed by atoms with Crippen LogP contribution in [0.1, 0.15) is 36.4 Å². The molecule has 4 aromatic rings. The molecule has 0 saturated carbocycles. The smallest absolute Gasteiger partial charge is 0.416 e. The molecule has 1 heterocycles. The summed E-state index contributed by atoms with van der Waals surface area (Å²) in [7, 11) is 0. The standard InChI is InChI=1S/C29H27F4N3O4/c1-28(2,26(37)38)40-23-14-7-19(8-15-23)9-16-25-34-36(22-12-10-21(11-13-22)29(31,32)33)27(39)35(25)18-17-20-5-3-4-6-24(20)30/h3-8,10-15H,9,16-18H2,1-2H3,(H,37,38). The second kappa shape index (κ2) is 11.4. The highest BCUT2D eigenvalue weighted by atomic mass is 19.4. The molecule has 1 N–H and O–H groups in total. The Morgan fingerprint density at radius 2 is 1.57 bits per heavy atom. The van der Waals surface area contributed by atoms with Crippen LogP contribution in [0, 0.1) is 5.82 Å². The first kappa shape index (κ1) is 28.6. The molecule has 0 atom stereocenters. The molecular weight excluding hydrogens is 530 g/mol. The van der Waals surface area contributed by atoms with Crippen LogP contribution in [0.5, 0.6) is 5.75 Å². The number of carboxylic acid groups (broad SMARTS) is 1. The Kier molecular flexibility index (Phi) is 8.13. The van der Waals surface area contributed by atoms with Gasteiger partial charge in [0.2, 0.25) is 0 Å². The van der Waals surface area contributed by atoms with Gasteiger partial charge in [0.15, 0.2) is 5.60 Å². The van der Waals surface area contributed by atoms with Crippen molar-refractivity contribution < 1.29 is 32.2 Å².